The summed E-state index contributed by atoms with van der Waals surface area (Å²) in [6.45, 7) is 8.53. The number of likely N-dealkylation sites (N-methyl/N-ethyl adjacent to an activating group) is 1. The zero-order valence-electron chi connectivity index (χ0n) is 12.2. The summed E-state index contributed by atoms with van der Waals surface area (Å²) in [4.78, 5) is 9.24. The Morgan fingerprint density at radius 3 is 2.90 bits per heavy atom. The average molecular weight is 274 g/mol. The van der Waals surface area contributed by atoms with Gasteiger partial charge in [-0.25, -0.2) is 4.52 Å². The third-order valence-corrected chi connectivity index (χ3v) is 3.85. The van der Waals surface area contributed by atoms with Crippen LogP contribution in [0.15, 0.2) is 18.3 Å². The molecule has 2 aromatic heterocycles. The van der Waals surface area contributed by atoms with E-state index in [2.05, 4.69) is 45.2 Å². The van der Waals surface area contributed by atoms with E-state index in [4.69, 9.17) is 0 Å². The van der Waals surface area contributed by atoms with Crippen molar-refractivity contribution in [3.8, 4) is 0 Å². The number of aromatic nitrogens is 3. The molecule has 0 saturated carbocycles. The quantitative estimate of drug-likeness (QED) is 0.873. The first kappa shape index (κ1) is 13.3. The summed E-state index contributed by atoms with van der Waals surface area (Å²) in [5.74, 6) is 0.800. The molecule has 1 saturated heterocycles. The summed E-state index contributed by atoms with van der Waals surface area (Å²) in [5, 5.41) is 7.91. The van der Waals surface area contributed by atoms with Crippen LogP contribution in [0.3, 0.4) is 0 Å². The Balaban J connectivity index is 1.65. The molecule has 1 aliphatic heterocycles. The fourth-order valence-electron chi connectivity index (χ4n) is 2.52. The first-order valence-corrected chi connectivity index (χ1v) is 7.20. The fourth-order valence-corrected chi connectivity index (χ4v) is 2.52. The minimum Gasteiger partial charge on any atom is -0.341 e. The predicted octanol–water partition coefficient (Wildman–Crippen LogP) is 0.379. The van der Waals surface area contributed by atoms with Gasteiger partial charge in [0, 0.05) is 52.5 Å². The Bertz CT molecular complexity index is 572. The van der Waals surface area contributed by atoms with E-state index < -0.39 is 0 Å². The third kappa shape index (κ3) is 2.76. The van der Waals surface area contributed by atoms with Crippen molar-refractivity contribution in [2.75, 3.05) is 51.2 Å². The van der Waals surface area contributed by atoms with Crippen molar-refractivity contribution in [1.82, 2.24) is 24.8 Å². The van der Waals surface area contributed by atoms with E-state index in [1.165, 1.54) is 0 Å². The molecule has 6 nitrogen and oxygen atoms in total. The van der Waals surface area contributed by atoms with Crippen molar-refractivity contribution in [3.05, 3.63) is 23.9 Å². The summed E-state index contributed by atoms with van der Waals surface area (Å²) in [6.07, 6.45) is 1.95. The molecule has 3 heterocycles. The number of piperazine rings is 1. The van der Waals surface area contributed by atoms with Gasteiger partial charge in [0.2, 0.25) is 5.95 Å². The van der Waals surface area contributed by atoms with E-state index in [1.807, 2.05) is 16.8 Å². The van der Waals surface area contributed by atoms with E-state index in [0.717, 1.165) is 56.4 Å². The van der Waals surface area contributed by atoms with Crippen molar-refractivity contribution in [1.29, 1.82) is 0 Å². The lowest BCUT2D eigenvalue weighted by Gasteiger charge is -2.28. The van der Waals surface area contributed by atoms with E-state index >= 15 is 0 Å². The monoisotopic (exact) mass is 274 g/mol. The molecule has 0 amide bonds. The SMILES string of the molecule is Cc1cccn2nc(N(C)CCN3CCNCC3)nc12. The van der Waals surface area contributed by atoms with Gasteiger partial charge in [-0.2, -0.15) is 4.98 Å². The van der Waals surface area contributed by atoms with Crippen LogP contribution in [0.2, 0.25) is 0 Å². The Morgan fingerprint density at radius 2 is 2.15 bits per heavy atom. The molecular weight excluding hydrogens is 252 g/mol. The molecule has 0 atom stereocenters. The van der Waals surface area contributed by atoms with Crippen LogP contribution in [0.5, 0.6) is 0 Å². The molecule has 0 bridgehead atoms. The van der Waals surface area contributed by atoms with Gasteiger partial charge in [-0.05, 0) is 18.6 Å². The summed E-state index contributed by atoms with van der Waals surface area (Å²) >= 11 is 0. The van der Waals surface area contributed by atoms with Crippen LogP contribution in [-0.2, 0) is 0 Å². The fraction of sp³-hybridized carbons (Fsp3) is 0.571. The lowest BCUT2D eigenvalue weighted by atomic mass is 10.3. The summed E-state index contributed by atoms with van der Waals surface area (Å²) in [5.41, 5.74) is 2.10. The zero-order valence-corrected chi connectivity index (χ0v) is 12.2. The molecule has 1 N–H and O–H groups in total. The lowest BCUT2D eigenvalue weighted by molar-refractivity contribution is 0.246. The van der Waals surface area contributed by atoms with Gasteiger partial charge in [0.1, 0.15) is 0 Å². The number of anilines is 1. The topological polar surface area (TPSA) is 48.7 Å². The van der Waals surface area contributed by atoms with Crippen LogP contribution in [0, 0.1) is 6.92 Å². The van der Waals surface area contributed by atoms with Gasteiger partial charge < -0.3 is 10.2 Å². The number of aryl methyl sites for hydroxylation is 1. The molecular formula is C14H22N6. The molecule has 1 aliphatic rings. The van der Waals surface area contributed by atoms with Crippen molar-refractivity contribution >= 4 is 11.6 Å². The molecule has 2 aromatic rings. The van der Waals surface area contributed by atoms with E-state index in [-0.39, 0.29) is 0 Å². The predicted molar refractivity (Wildman–Crippen MR) is 80.3 cm³/mol. The highest BCUT2D eigenvalue weighted by Gasteiger charge is 2.13. The molecule has 0 spiro atoms. The summed E-state index contributed by atoms with van der Waals surface area (Å²) in [6, 6.07) is 4.07. The number of hydrogen-bond donors (Lipinski definition) is 1. The minimum absolute atomic E-state index is 0.800. The Kier molecular flexibility index (Phi) is 3.84. The molecule has 0 aromatic carbocycles. The van der Waals surface area contributed by atoms with E-state index in [1.54, 1.807) is 0 Å². The maximum Gasteiger partial charge on any atom is 0.245 e. The highest BCUT2D eigenvalue weighted by molar-refractivity contribution is 5.50. The van der Waals surface area contributed by atoms with Crippen LogP contribution >= 0.6 is 0 Å². The van der Waals surface area contributed by atoms with Crippen LogP contribution in [0.25, 0.3) is 5.65 Å². The summed E-state index contributed by atoms with van der Waals surface area (Å²) in [7, 11) is 2.06. The molecule has 0 radical (unpaired) electrons. The zero-order chi connectivity index (χ0) is 13.9. The Hall–Kier alpha value is -1.66. The first-order chi connectivity index (χ1) is 9.74. The molecule has 0 unspecified atom stereocenters. The van der Waals surface area contributed by atoms with Crippen LogP contribution in [-0.4, -0.2) is 65.8 Å². The van der Waals surface area contributed by atoms with Crippen LogP contribution in [0.1, 0.15) is 5.56 Å². The minimum atomic E-state index is 0.800. The Morgan fingerprint density at radius 1 is 1.35 bits per heavy atom. The number of rotatable bonds is 4. The molecule has 108 valence electrons. The summed E-state index contributed by atoms with van der Waals surface area (Å²) < 4.78 is 1.85. The van der Waals surface area contributed by atoms with E-state index in [0.29, 0.717) is 0 Å². The van der Waals surface area contributed by atoms with Gasteiger partial charge in [-0.3, -0.25) is 4.90 Å². The smallest absolute Gasteiger partial charge is 0.245 e. The van der Waals surface area contributed by atoms with E-state index in [9.17, 15) is 0 Å². The number of fused-ring (bicyclic) bond motifs is 1. The lowest BCUT2D eigenvalue weighted by Crippen LogP contribution is -2.46. The number of hydrogen-bond acceptors (Lipinski definition) is 5. The van der Waals surface area contributed by atoms with Crippen molar-refractivity contribution in [2.45, 2.75) is 6.92 Å². The number of nitrogens with one attached hydrogen (secondary N) is 1. The third-order valence-electron chi connectivity index (χ3n) is 3.85. The molecule has 0 aliphatic carbocycles. The molecule has 1 fully saturated rings. The second kappa shape index (κ2) is 5.76. The highest BCUT2D eigenvalue weighted by atomic mass is 15.4. The Labute approximate surface area is 119 Å². The van der Waals surface area contributed by atoms with Gasteiger partial charge in [0.05, 0.1) is 0 Å². The number of nitrogens with zero attached hydrogens (tertiary/aromatic N) is 5. The highest BCUT2D eigenvalue weighted by Crippen LogP contribution is 2.12. The van der Waals surface area contributed by atoms with Gasteiger partial charge >= 0.3 is 0 Å². The molecule has 3 rings (SSSR count). The van der Waals surface area contributed by atoms with Crippen LogP contribution in [0.4, 0.5) is 5.95 Å². The van der Waals surface area contributed by atoms with Gasteiger partial charge in [-0.1, -0.05) is 6.07 Å². The van der Waals surface area contributed by atoms with Gasteiger partial charge in [0.15, 0.2) is 5.65 Å². The van der Waals surface area contributed by atoms with Crippen molar-refractivity contribution in [3.63, 3.8) is 0 Å². The second-order valence-corrected chi connectivity index (χ2v) is 5.38. The largest absolute Gasteiger partial charge is 0.341 e. The maximum atomic E-state index is 4.62. The maximum absolute atomic E-state index is 4.62. The standard InChI is InChI=1S/C14H22N6/c1-12-4-3-7-20-13(12)16-14(17-20)18(2)10-11-19-8-5-15-6-9-19/h3-4,7,15H,5-6,8-11H2,1-2H3. The van der Waals surface area contributed by atoms with Gasteiger partial charge in [0.25, 0.3) is 0 Å². The average Bonchev–Trinajstić information content (AvgIpc) is 2.91. The number of pyridine rings is 1. The molecule has 6 heteroatoms. The normalized spacial score (nSPS) is 16.7. The second-order valence-electron chi connectivity index (χ2n) is 5.38. The molecule has 20 heavy (non-hydrogen) atoms. The van der Waals surface area contributed by atoms with Crippen molar-refractivity contribution in [2.24, 2.45) is 0 Å². The first-order valence-electron chi connectivity index (χ1n) is 7.20. The van der Waals surface area contributed by atoms with Gasteiger partial charge in [-0.15, -0.1) is 5.10 Å². The van der Waals surface area contributed by atoms with Crippen LogP contribution < -0.4 is 10.2 Å². The van der Waals surface area contributed by atoms with Crippen molar-refractivity contribution < 1.29 is 0 Å².